The lowest BCUT2D eigenvalue weighted by Gasteiger charge is -2.25. The third kappa shape index (κ3) is 5.01. The summed E-state index contributed by atoms with van der Waals surface area (Å²) < 4.78 is 31.1. The molecule has 1 N–H and O–H groups in total. The maximum absolute atomic E-state index is 12.6. The number of methoxy groups -OCH3 is 1. The molecule has 0 unspecified atom stereocenters. The largest absolute Gasteiger partial charge is 0.496 e. The Morgan fingerprint density at radius 2 is 1.81 bits per heavy atom. The molecular weight excluding hydrogens is 364 g/mol. The van der Waals surface area contributed by atoms with E-state index in [1.807, 2.05) is 51.1 Å². The summed E-state index contributed by atoms with van der Waals surface area (Å²) in [6, 6.07) is 12.5. The zero-order valence-corrected chi connectivity index (χ0v) is 17.1. The number of sulfonamides is 1. The number of hydrogen-bond acceptors (Lipinski definition) is 4. The Morgan fingerprint density at radius 3 is 2.44 bits per heavy atom. The summed E-state index contributed by atoms with van der Waals surface area (Å²) in [7, 11) is -2.05. The first-order valence-corrected chi connectivity index (χ1v) is 10.5. The van der Waals surface area contributed by atoms with E-state index in [1.165, 1.54) is 0 Å². The van der Waals surface area contributed by atoms with Crippen LogP contribution in [0, 0.1) is 13.8 Å². The van der Waals surface area contributed by atoms with E-state index in [4.69, 9.17) is 4.74 Å². The first-order valence-electron chi connectivity index (χ1n) is 8.61. The minimum Gasteiger partial charge on any atom is -0.496 e. The maximum atomic E-state index is 12.6. The number of anilines is 1. The monoisotopic (exact) mass is 390 g/mol. The molecule has 0 saturated heterocycles. The van der Waals surface area contributed by atoms with E-state index in [0.29, 0.717) is 11.4 Å². The van der Waals surface area contributed by atoms with Crippen LogP contribution in [0.5, 0.6) is 5.75 Å². The molecule has 27 heavy (non-hydrogen) atoms. The van der Waals surface area contributed by atoms with Gasteiger partial charge in [-0.2, -0.15) is 0 Å². The Labute approximate surface area is 161 Å². The van der Waals surface area contributed by atoms with Gasteiger partial charge in [-0.25, -0.2) is 8.42 Å². The van der Waals surface area contributed by atoms with E-state index < -0.39 is 10.0 Å². The van der Waals surface area contributed by atoms with Gasteiger partial charge in [0.1, 0.15) is 12.3 Å². The quantitative estimate of drug-likeness (QED) is 0.789. The molecule has 0 aliphatic heterocycles. The van der Waals surface area contributed by atoms with E-state index >= 15 is 0 Å². The molecule has 2 aromatic carbocycles. The molecule has 0 aliphatic rings. The van der Waals surface area contributed by atoms with Gasteiger partial charge >= 0.3 is 0 Å². The van der Waals surface area contributed by atoms with E-state index in [-0.39, 0.29) is 18.5 Å². The second-order valence-corrected chi connectivity index (χ2v) is 8.43. The van der Waals surface area contributed by atoms with Crippen LogP contribution in [0.25, 0.3) is 0 Å². The first-order chi connectivity index (χ1) is 12.6. The Balaban J connectivity index is 2.23. The van der Waals surface area contributed by atoms with Gasteiger partial charge < -0.3 is 10.1 Å². The molecule has 146 valence electrons. The predicted octanol–water partition coefficient (Wildman–Crippen LogP) is 2.96. The highest BCUT2D eigenvalue weighted by molar-refractivity contribution is 7.92. The molecule has 1 amide bonds. The average molecular weight is 391 g/mol. The number of carbonyl (C=O) groups excluding carboxylic acids is 1. The first kappa shape index (κ1) is 20.8. The highest BCUT2D eigenvalue weighted by atomic mass is 32.2. The van der Waals surface area contributed by atoms with Gasteiger partial charge in [0.05, 0.1) is 25.1 Å². The number of nitrogens with one attached hydrogen (secondary N) is 1. The van der Waals surface area contributed by atoms with Crippen molar-refractivity contribution in [1.29, 1.82) is 0 Å². The van der Waals surface area contributed by atoms with Gasteiger partial charge in [-0.15, -0.1) is 0 Å². The number of aryl methyl sites for hydroxylation is 1. The van der Waals surface area contributed by atoms with Crippen LogP contribution in [0.2, 0.25) is 0 Å². The van der Waals surface area contributed by atoms with E-state index in [0.717, 1.165) is 27.3 Å². The summed E-state index contributed by atoms with van der Waals surface area (Å²) in [6.07, 6.45) is 1.10. The van der Waals surface area contributed by atoms with Crippen molar-refractivity contribution in [3.8, 4) is 5.75 Å². The Hall–Kier alpha value is -2.54. The second kappa shape index (κ2) is 8.43. The lowest BCUT2D eigenvalue weighted by atomic mass is 10.1. The van der Waals surface area contributed by atoms with Gasteiger partial charge in [-0.1, -0.05) is 30.3 Å². The van der Waals surface area contributed by atoms with Crippen molar-refractivity contribution in [3.63, 3.8) is 0 Å². The van der Waals surface area contributed by atoms with Crippen LogP contribution in [0.3, 0.4) is 0 Å². The van der Waals surface area contributed by atoms with Gasteiger partial charge in [0, 0.05) is 5.56 Å². The standard InChI is InChI=1S/C20H26N2O4S/c1-14-9-8-11-18(15(14)2)22(27(5,24)25)13-20(23)21-16(3)17-10-6-7-12-19(17)26-4/h6-12,16H,13H2,1-5H3,(H,21,23)/t16-/m0/s1. The minimum absolute atomic E-state index is 0.289. The number of hydrogen-bond donors (Lipinski definition) is 1. The molecule has 0 radical (unpaired) electrons. The lowest BCUT2D eigenvalue weighted by Crippen LogP contribution is -2.41. The fourth-order valence-corrected chi connectivity index (χ4v) is 3.81. The molecular formula is C20H26N2O4S. The van der Waals surface area contributed by atoms with Crippen LogP contribution >= 0.6 is 0 Å². The maximum Gasteiger partial charge on any atom is 0.241 e. The van der Waals surface area contributed by atoms with Gasteiger partial charge in [0.15, 0.2) is 0 Å². The zero-order chi connectivity index (χ0) is 20.2. The molecule has 0 fully saturated rings. The number of benzene rings is 2. The lowest BCUT2D eigenvalue weighted by molar-refractivity contribution is -0.120. The summed E-state index contributed by atoms with van der Waals surface area (Å²) in [5.41, 5.74) is 3.13. The number of nitrogens with zero attached hydrogens (tertiary/aromatic N) is 1. The smallest absolute Gasteiger partial charge is 0.241 e. The molecule has 1 atom stereocenters. The third-order valence-corrected chi connectivity index (χ3v) is 5.64. The van der Waals surface area contributed by atoms with Crippen LogP contribution < -0.4 is 14.4 Å². The fraction of sp³-hybridized carbons (Fsp3) is 0.350. The van der Waals surface area contributed by atoms with E-state index in [9.17, 15) is 13.2 Å². The SMILES string of the molecule is COc1ccccc1[C@H](C)NC(=O)CN(c1cccc(C)c1C)S(C)(=O)=O. The molecule has 7 heteroatoms. The molecule has 0 aromatic heterocycles. The van der Waals surface area contributed by atoms with Crippen molar-refractivity contribution in [3.05, 3.63) is 59.2 Å². The minimum atomic E-state index is -3.62. The molecule has 2 aromatic rings. The molecule has 0 aliphatic carbocycles. The van der Waals surface area contributed by atoms with Gasteiger partial charge in [-0.3, -0.25) is 9.10 Å². The molecule has 0 saturated carbocycles. The van der Waals surface area contributed by atoms with Crippen molar-refractivity contribution in [1.82, 2.24) is 5.32 Å². The average Bonchev–Trinajstić information content (AvgIpc) is 2.61. The summed E-state index contributed by atoms with van der Waals surface area (Å²) in [4.78, 5) is 12.6. The Morgan fingerprint density at radius 1 is 1.15 bits per heavy atom. The molecule has 0 spiro atoms. The number of amides is 1. The number of para-hydroxylation sites is 1. The molecule has 6 nitrogen and oxygen atoms in total. The van der Waals surface area contributed by atoms with Gasteiger partial charge in [0.2, 0.25) is 15.9 Å². The van der Waals surface area contributed by atoms with Gasteiger partial charge in [-0.05, 0) is 44.0 Å². The summed E-state index contributed by atoms with van der Waals surface area (Å²) in [5.74, 6) is 0.277. The molecule has 0 heterocycles. The van der Waals surface area contributed by atoms with Crippen molar-refractivity contribution in [2.24, 2.45) is 0 Å². The Bertz CT molecular complexity index is 925. The van der Waals surface area contributed by atoms with Crippen LogP contribution in [0.15, 0.2) is 42.5 Å². The van der Waals surface area contributed by atoms with Crippen molar-refractivity contribution < 1.29 is 17.9 Å². The molecule has 0 bridgehead atoms. The zero-order valence-electron chi connectivity index (χ0n) is 16.3. The summed E-state index contributed by atoms with van der Waals surface area (Å²) in [5, 5.41) is 2.85. The number of carbonyl (C=O) groups is 1. The topological polar surface area (TPSA) is 75.7 Å². The number of rotatable bonds is 7. The predicted molar refractivity (Wildman–Crippen MR) is 108 cm³/mol. The number of ether oxygens (including phenoxy) is 1. The molecule has 2 rings (SSSR count). The highest BCUT2D eigenvalue weighted by Gasteiger charge is 2.24. The van der Waals surface area contributed by atoms with Gasteiger partial charge in [0.25, 0.3) is 0 Å². The normalized spacial score (nSPS) is 12.3. The Kier molecular flexibility index (Phi) is 6.49. The van der Waals surface area contributed by atoms with Crippen molar-refractivity contribution in [2.75, 3.05) is 24.2 Å². The van der Waals surface area contributed by atoms with Crippen molar-refractivity contribution in [2.45, 2.75) is 26.8 Å². The van der Waals surface area contributed by atoms with Crippen LogP contribution in [0.1, 0.15) is 29.7 Å². The van der Waals surface area contributed by atoms with Crippen LogP contribution in [0.4, 0.5) is 5.69 Å². The second-order valence-electron chi connectivity index (χ2n) is 6.52. The van der Waals surface area contributed by atoms with Crippen LogP contribution in [-0.2, 0) is 14.8 Å². The van der Waals surface area contributed by atoms with E-state index in [2.05, 4.69) is 5.32 Å². The summed E-state index contributed by atoms with van der Waals surface area (Å²) in [6.45, 7) is 5.29. The fourth-order valence-electron chi connectivity index (χ4n) is 2.91. The van der Waals surface area contributed by atoms with Crippen molar-refractivity contribution >= 4 is 21.6 Å². The van der Waals surface area contributed by atoms with E-state index in [1.54, 1.807) is 19.2 Å². The highest BCUT2D eigenvalue weighted by Crippen LogP contribution is 2.26. The van der Waals surface area contributed by atoms with Crippen LogP contribution in [-0.4, -0.2) is 34.2 Å². The summed E-state index contributed by atoms with van der Waals surface area (Å²) >= 11 is 0. The third-order valence-electron chi connectivity index (χ3n) is 4.52.